The Morgan fingerprint density at radius 3 is 2.56 bits per heavy atom. The fourth-order valence-corrected chi connectivity index (χ4v) is 2.00. The Hall–Kier alpha value is -1.53. The first kappa shape index (κ1) is 12.9. The maximum absolute atomic E-state index is 8.74. The van der Waals surface area contributed by atoms with Crippen LogP contribution in [0, 0.1) is 16.7 Å². The van der Waals surface area contributed by atoms with E-state index in [-0.39, 0.29) is 11.5 Å². The van der Waals surface area contributed by atoms with Crippen LogP contribution in [0.1, 0.15) is 44.2 Å². The van der Waals surface area contributed by atoms with Crippen LogP contribution in [0.4, 0.5) is 0 Å². The van der Waals surface area contributed by atoms with Crippen LogP contribution in [0.25, 0.3) is 0 Å². The van der Waals surface area contributed by atoms with E-state index in [0.717, 1.165) is 30.6 Å². The zero-order chi connectivity index (χ0) is 13.0. The van der Waals surface area contributed by atoms with Crippen LogP contribution in [0.2, 0.25) is 0 Å². The highest BCUT2D eigenvalue weighted by Gasteiger charge is 2.43. The molecule has 2 rings (SSSR count). The predicted octanol–water partition coefficient (Wildman–Crippen LogP) is 3.17. The van der Waals surface area contributed by atoms with Crippen molar-refractivity contribution in [2.45, 2.75) is 38.6 Å². The fraction of sp³-hybridized carbons (Fsp3) is 0.533. The van der Waals surface area contributed by atoms with Crippen molar-refractivity contribution in [3.05, 3.63) is 29.8 Å². The topological polar surface area (TPSA) is 59.0 Å². The Morgan fingerprint density at radius 2 is 2.06 bits per heavy atom. The third-order valence-corrected chi connectivity index (χ3v) is 3.70. The average molecular weight is 244 g/mol. The number of nitriles is 1. The molecule has 0 spiro atoms. The Bertz CT molecular complexity index is 429. The molecule has 96 valence electrons. The summed E-state index contributed by atoms with van der Waals surface area (Å²) in [7, 11) is 0. The zero-order valence-electron chi connectivity index (χ0n) is 10.9. The maximum atomic E-state index is 8.74. The number of nitrogens with two attached hydrogens (primary N) is 1. The van der Waals surface area contributed by atoms with E-state index < -0.39 is 0 Å². The van der Waals surface area contributed by atoms with Crippen molar-refractivity contribution < 1.29 is 4.74 Å². The van der Waals surface area contributed by atoms with Crippen LogP contribution in [0.15, 0.2) is 24.3 Å². The summed E-state index contributed by atoms with van der Waals surface area (Å²) in [6.07, 6.45) is 3.76. The lowest BCUT2D eigenvalue weighted by molar-refractivity contribution is 0.237. The second-order valence-electron chi connectivity index (χ2n) is 5.21. The van der Waals surface area contributed by atoms with Crippen LogP contribution < -0.4 is 10.5 Å². The molecule has 1 saturated carbocycles. The summed E-state index contributed by atoms with van der Waals surface area (Å²) in [4.78, 5) is 0. The van der Waals surface area contributed by atoms with Gasteiger partial charge in [0.15, 0.2) is 0 Å². The molecule has 2 N–H and O–H groups in total. The van der Waals surface area contributed by atoms with Gasteiger partial charge in [-0.1, -0.05) is 19.1 Å². The molecule has 0 saturated heterocycles. The molecule has 1 aliphatic carbocycles. The van der Waals surface area contributed by atoms with Gasteiger partial charge >= 0.3 is 0 Å². The van der Waals surface area contributed by atoms with Gasteiger partial charge < -0.3 is 10.5 Å². The Labute approximate surface area is 109 Å². The molecule has 1 aliphatic rings. The second kappa shape index (κ2) is 5.41. The van der Waals surface area contributed by atoms with E-state index >= 15 is 0 Å². The van der Waals surface area contributed by atoms with Gasteiger partial charge in [-0.3, -0.25) is 0 Å². The molecule has 0 heterocycles. The number of ether oxygens (including phenoxy) is 1. The van der Waals surface area contributed by atoms with Crippen LogP contribution >= 0.6 is 0 Å². The van der Waals surface area contributed by atoms with Crippen LogP contribution in [0.3, 0.4) is 0 Å². The van der Waals surface area contributed by atoms with Gasteiger partial charge in [-0.25, -0.2) is 0 Å². The van der Waals surface area contributed by atoms with E-state index in [9.17, 15) is 0 Å². The van der Waals surface area contributed by atoms with Crippen molar-refractivity contribution in [2.24, 2.45) is 11.1 Å². The van der Waals surface area contributed by atoms with E-state index in [0.29, 0.717) is 13.0 Å². The molecule has 0 aromatic heterocycles. The molecule has 1 aromatic carbocycles. The smallest absolute Gasteiger partial charge is 0.119 e. The lowest BCUT2D eigenvalue weighted by Crippen LogP contribution is -2.12. The second-order valence-corrected chi connectivity index (χ2v) is 5.21. The molecule has 0 aliphatic heterocycles. The largest absolute Gasteiger partial charge is 0.493 e. The van der Waals surface area contributed by atoms with E-state index in [1.54, 1.807) is 0 Å². The van der Waals surface area contributed by atoms with Crippen molar-refractivity contribution in [3.8, 4) is 11.8 Å². The van der Waals surface area contributed by atoms with Crippen molar-refractivity contribution in [1.82, 2.24) is 0 Å². The highest BCUT2D eigenvalue weighted by Crippen LogP contribution is 2.48. The zero-order valence-corrected chi connectivity index (χ0v) is 10.9. The van der Waals surface area contributed by atoms with Gasteiger partial charge in [0.2, 0.25) is 0 Å². The fourth-order valence-electron chi connectivity index (χ4n) is 2.00. The summed E-state index contributed by atoms with van der Waals surface area (Å²) in [5.74, 6) is 0.867. The van der Waals surface area contributed by atoms with Crippen molar-refractivity contribution in [3.63, 3.8) is 0 Å². The van der Waals surface area contributed by atoms with Crippen molar-refractivity contribution in [2.75, 3.05) is 6.61 Å². The molecule has 1 fully saturated rings. The van der Waals surface area contributed by atoms with Crippen LogP contribution in [0.5, 0.6) is 5.75 Å². The monoisotopic (exact) mass is 244 g/mol. The summed E-state index contributed by atoms with van der Waals surface area (Å²) in [5.41, 5.74) is 7.23. The minimum atomic E-state index is 0.104. The van der Waals surface area contributed by atoms with Gasteiger partial charge in [0.05, 0.1) is 12.7 Å². The molecule has 3 nitrogen and oxygen atoms in total. The Morgan fingerprint density at radius 1 is 1.39 bits per heavy atom. The molecule has 0 radical (unpaired) electrons. The molecule has 0 bridgehead atoms. The summed E-state index contributed by atoms with van der Waals surface area (Å²) in [6.45, 7) is 2.73. The van der Waals surface area contributed by atoms with Gasteiger partial charge in [0.25, 0.3) is 0 Å². The van der Waals surface area contributed by atoms with Gasteiger partial charge in [-0.2, -0.15) is 5.26 Å². The van der Waals surface area contributed by atoms with Gasteiger partial charge in [-0.15, -0.1) is 0 Å². The highest BCUT2D eigenvalue weighted by molar-refractivity contribution is 5.29. The molecule has 1 atom stereocenters. The van der Waals surface area contributed by atoms with E-state index in [1.165, 1.54) is 0 Å². The first-order chi connectivity index (χ1) is 8.69. The summed E-state index contributed by atoms with van der Waals surface area (Å²) in [6, 6.07) is 10.3. The minimum absolute atomic E-state index is 0.104. The third kappa shape index (κ3) is 3.02. The van der Waals surface area contributed by atoms with Crippen molar-refractivity contribution >= 4 is 0 Å². The quantitative estimate of drug-likeness (QED) is 0.836. The normalized spacial score (nSPS) is 17.8. The molecule has 3 heteroatoms. The SMILES string of the molecule is CCC(N)c1ccc(OCC2(CC#N)CC2)cc1. The Balaban J connectivity index is 1.89. The van der Waals surface area contributed by atoms with Gasteiger partial charge in [0.1, 0.15) is 5.75 Å². The molecular formula is C15H20N2O. The molecule has 18 heavy (non-hydrogen) atoms. The van der Waals surface area contributed by atoms with Crippen LogP contribution in [-0.4, -0.2) is 6.61 Å². The molecule has 1 aromatic rings. The lowest BCUT2D eigenvalue weighted by atomic mass is 10.0. The maximum Gasteiger partial charge on any atom is 0.119 e. The number of rotatable bonds is 6. The number of hydrogen-bond donors (Lipinski definition) is 1. The first-order valence-electron chi connectivity index (χ1n) is 6.54. The number of hydrogen-bond acceptors (Lipinski definition) is 3. The lowest BCUT2D eigenvalue weighted by Gasteiger charge is -2.14. The summed E-state index contributed by atoms with van der Waals surface area (Å²) >= 11 is 0. The first-order valence-corrected chi connectivity index (χ1v) is 6.54. The summed E-state index contributed by atoms with van der Waals surface area (Å²) in [5, 5.41) is 8.74. The number of benzene rings is 1. The van der Waals surface area contributed by atoms with E-state index in [1.807, 2.05) is 24.3 Å². The van der Waals surface area contributed by atoms with E-state index in [2.05, 4.69) is 13.0 Å². The number of nitrogens with zero attached hydrogens (tertiary/aromatic N) is 1. The summed E-state index contributed by atoms with van der Waals surface area (Å²) < 4.78 is 5.76. The minimum Gasteiger partial charge on any atom is -0.493 e. The van der Waals surface area contributed by atoms with Crippen molar-refractivity contribution in [1.29, 1.82) is 5.26 Å². The standard InChI is InChI=1S/C15H20N2O/c1-2-14(17)12-3-5-13(6-4-12)18-11-15(7-8-15)9-10-16/h3-6,14H,2,7-9,11,17H2,1H3. The highest BCUT2D eigenvalue weighted by atomic mass is 16.5. The van der Waals surface area contributed by atoms with Gasteiger partial charge in [0, 0.05) is 17.9 Å². The molecule has 0 amide bonds. The predicted molar refractivity (Wildman–Crippen MR) is 71.1 cm³/mol. The van der Waals surface area contributed by atoms with E-state index in [4.69, 9.17) is 15.7 Å². The van der Waals surface area contributed by atoms with Gasteiger partial charge in [-0.05, 0) is 37.0 Å². The third-order valence-electron chi connectivity index (χ3n) is 3.70. The van der Waals surface area contributed by atoms with Crippen LogP contribution in [-0.2, 0) is 0 Å². The Kier molecular flexibility index (Phi) is 3.88. The molecular weight excluding hydrogens is 224 g/mol. The molecule has 1 unspecified atom stereocenters. The average Bonchev–Trinajstić information content (AvgIpc) is 3.17.